The van der Waals surface area contributed by atoms with Crippen LogP contribution < -0.4 is 11.1 Å². The van der Waals surface area contributed by atoms with Crippen LogP contribution >= 0.6 is 0 Å². The fourth-order valence-electron chi connectivity index (χ4n) is 1.59. The molecule has 18 heavy (non-hydrogen) atoms. The molecule has 94 valence electrons. The maximum Gasteiger partial charge on any atom is 0.270 e. The highest BCUT2D eigenvalue weighted by molar-refractivity contribution is 5.92. The first-order valence-electron chi connectivity index (χ1n) is 5.63. The number of pyridine rings is 1. The molecule has 0 saturated heterocycles. The topological polar surface area (TPSA) is 85.8 Å². The van der Waals surface area contributed by atoms with Gasteiger partial charge in [0.05, 0.1) is 18.2 Å². The van der Waals surface area contributed by atoms with E-state index in [4.69, 9.17) is 5.73 Å². The Morgan fingerprint density at radius 3 is 3.00 bits per heavy atom. The minimum atomic E-state index is -0.206. The van der Waals surface area contributed by atoms with Crippen molar-refractivity contribution in [2.45, 2.75) is 19.5 Å². The largest absolute Gasteiger partial charge is 0.397 e. The Bertz CT molecular complexity index is 506. The van der Waals surface area contributed by atoms with E-state index >= 15 is 0 Å². The van der Waals surface area contributed by atoms with Gasteiger partial charge in [0, 0.05) is 25.0 Å². The third kappa shape index (κ3) is 3.07. The number of carbonyl (C=O) groups excluding carboxylic acids is 1. The maximum absolute atomic E-state index is 11.9. The molecule has 6 heteroatoms. The second kappa shape index (κ2) is 5.31. The van der Waals surface area contributed by atoms with Crippen molar-refractivity contribution in [2.24, 2.45) is 0 Å². The van der Waals surface area contributed by atoms with Gasteiger partial charge in [-0.2, -0.15) is 0 Å². The van der Waals surface area contributed by atoms with Crippen molar-refractivity contribution in [1.82, 2.24) is 19.9 Å². The molecule has 0 aliphatic heterocycles. The van der Waals surface area contributed by atoms with Crippen molar-refractivity contribution in [2.75, 3.05) is 5.73 Å². The van der Waals surface area contributed by atoms with Gasteiger partial charge < -0.3 is 15.6 Å². The van der Waals surface area contributed by atoms with Crippen LogP contribution in [0.4, 0.5) is 5.69 Å². The van der Waals surface area contributed by atoms with Crippen molar-refractivity contribution in [1.29, 1.82) is 0 Å². The van der Waals surface area contributed by atoms with Gasteiger partial charge in [0.2, 0.25) is 0 Å². The Morgan fingerprint density at radius 1 is 1.56 bits per heavy atom. The van der Waals surface area contributed by atoms with Crippen LogP contribution in [0, 0.1) is 0 Å². The summed E-state index contributed by atoms with van der Waals surface area (Å²) in [4.78, 5) is 19.8. The summed E-state index contributed by atoms with van der Waals surface area (Å²) in [6.07, 6.45) is 6.74. The number of anilines is 1. The predicted octanol–water partition coefficient (Wildman–Crippen LogP) is 0.679. The van der Waals surface area contributed by atoms with Crippen LogP contribution in [-0.4, -0.2) is 26.5 Å². The molecule has 0 fully saturated rings. The summed E-state index contributed by atoms with van der Waals surface area (Å²) in [6.45, 7) is 2.59. The lowest BCUT2D eigenvalue weighted by Crippen LogP contribution is -2.35. The smallest absolute Gasteiger partial charge is 0.270 e. The Kier molecular flexibility index (Phi) is 3.57. The fourth-order valence-corrected chi connectivity index (χ4v) is 1.59. The molecular weight excluding hydrogens is 230 g/mol. The van der Waals surface area contributed by atoms with E-state index in [-0.39, 0.29) is 11.9 Å². The lowest BCUT2D eigenvalue weighted by Gasteiger charge is -2.14. The second-order valence-corrected chi connectivity index (χ2v) is 4.11. The van der Waals surface area contributed by atoms with Gasteiger partial charge >= 0.3 is 0 Å². The molecule has 0 aliphatic rings. The van der Waals surface area contributed by atoms with E-state index in [1.807, 2.05) is 17.7 Å². The van der Waals surface area contributed by atoms with Gasteiger partial charge in [-0.05, 0) is 19.1 Å². The lowest BCUT2D eigenvalue weighted by molar-refractivity contribution is 0.0931. The minimum Gasteiger partial charge on any atom is -0.397 e. The van der Waals surface area contributed by atoms with Gasteiger partial charge in [-0.15, -0.1) is 0 Å². The molecule has 3 N–H and O–H groups in total. The van der Waals surface area contributed by atoms with Crippen LogP contribution in [0.1, 0.15) is 17.4 Å². The van der Waals surface area contributed by atoms with E-state index in [1.54, 1.807) is 24.7 Å². The zero-order valence-corrected chi connectivity index (χ0v) is 10.1. The van der Waals surface area contributed by atoms with Gasteiger partial charge in [-0.25, -0.2) is 9.97 Å². The molecule has 1 atom stereocenters. The first-order chi connectivity index (χ1) is 8.65. The molecule has 2 aromatic rings. The number of rotatable bonds is 4. The molecule has 1 amide bonds. The zero-order valence-electron chi connectivity index (χ0n) is 10.1. The quantitative estimate of drug-likeness (QED) is 0.829. The predicted molar refractivity (Wildman–Crippen MR) is 67.8 cm³/mol. The Labute approximate surface area is 105 Å². The van der Waals surface area contributed by atoms with Crippen LogP contribution in [0.2, 0.25) is 0 Å². The number of imidazole rings is 1. The first kappa shape index (κ1) is 12.1. The maximum atomic E-state index is 11.9. The minimum absolute atomic E-state index is 0.00828. The monoisotopic (exact) mass is 245 g/mol. The molecule has 2 rings (SSSR count). The zero-order chi connectivity index (χ0) is 13.0. The number of nitrogens with two attached hydrogens (primary N) is 1. The Morgan fingerprint density at radius 2 is 2.39 bits per heavy atom. The molecule has 0 bridgehead atoms. The van der Waals surface area contributed by atoms with E-state index in [2.05, 4.69) is 15.3 Å². The van der Waals surface area contributed by atoms with Gasteiger partial charge in [-0.1, -0.05) is 0 Å². The molecule has 2 aromatic heterocycles. The number of nitrogens with zero attached hydrogens (tertiary/aromatic N) is 3. The number of hydrogen-bond acceptors (Lipinski definition) is 4. The van der Waals surface area contributed by atoms with Crippen molar-refractivity contribution >= 4 is 11.6 Å². The normalized spacial score (nSPS) is 12.1. The molecule has 0 aromatic carbocycles. The van der Waals surface area contributed by atoms with Crippen molar-refractivity contribution in [3.63, 3.8) is 0 Å². The highest BCUT2D eigenvalue weighted by atomic mass is 16.1. The van der Waals surface area contributed by atoms with E-state index in [9.17, 15) is 4.79 Å². The highest BCUT2D eigenvalue weighted by Gasteiger charge is 2.10. The number of amides is 1. The van der Waals surface area contributed by atoms with Crippen molar-refractivity contribution < 1.29 is 4.79 Å². The Hall–Kier alpha value is -2.37. The van der Waals surface area contributed by atoms with Crippen LogP contribution in [0.25, 0.3) is 0 Å². The summed E-state index contributed by atoms with van der Waals surface area (Å²) in [5.41, 5.74) is 6.42. The van der Waals surface area contributed by atoms with Crippen molar-refractivity contribution in [3.8, 4) is 0 Å². The molecule has 1 unspecified atom stereocenters. The van der Waals surface area contributed by atoms with E-state index in [0.717, 1.165) is 0 Å². The number of aromatic nitrogens is 3. The first-order valence-corrected chi connectivity index (χ1v) is 5.63. The summed E-state index contributed by atoms with van der Waals surface area (Å²) in [7, 11) is 0. The van der Waals surface area contributed by atoms with Crippen LogP contribution in [0.3, 0.4) is 0 Å². The number of nitrogens with one attached hydrogen (secondary N) is 1. The van der Waals surface area contributed by atoms with Gasteiger partial charge in [0.15, 0.2) is 0 Å². The van der Waals surface area contributed by atoms with E-state index in [1.165, 1.54) is 6.20 Å². The molecule has 6 nitrogen and oxygen atoms in total. The fraction of sp³-hybridized carbons (Fsp3) is 0.250. The third-order valence-electron chi connectivity index (χ3n) is 2.44. The third-order valence-corrected chi connectivity index (χ3v) is 2.44. The van der Waals surface area contributed by atoms with Gasteiger partial charge in [-0.3, -0.25) is 4.79 Å². The van der Waals surface area contributed by atoms with E-state index in [0.29, 0.717) is 17.9 Å². The molecule has 0 radical (unpaired) electrons. The number of hydrogen-bond donors (Lipinski definition) is 2. The standard InChI is InChI=1S/C12H15N5O/c1-9(7-17-5-4-14-8-17)16-12(18)11-3-2-10(13)6-15-11/h2-6,8-9H,7,13H2,1H3,(H,16,18). The van der Waals surface area contributed by atoms with Crippen LogP contribution in [0.5, 0.6) is 0 Å². The average molecular weight is 245 g/mol. The SMILES string of the molecule is CC(Cn1ccnc1)NC(=O)c1ccc(N)cn1. The summed E-state index contributed by atoms with van der Waals surface area (Å²) in [5.74, 6) is -0.206. The van der Waals surface area contributed by atoms with Gasteiger partial charge in [0.25, 0.3) is 5.91 Å². The summed E-state index contributed by atoms with van der Waals surface area (Å²) < 4.78 is 1.90. The molecule has 0 saturated carbocycles. The molecule has 0 aliphatic carbocycles. The Balaban J connectivity index is 1.92. The highest BCUT2D eigenvalue weighted by Crippen LogP contribution is 2.01. The number of nitrogen functional groups attached to an aromatic ring is 1. The summed E-state index contributed by atoms with van der Waals surface area (Å²) in [6, 6.07) is 3.25. The lowest BCUT2D eigenvalue weighted by atomic mass is 10.2. The molecule has 0 spiro atoms. The van der Waals surface area contributed by atoms with Gasteiger partial charge in [0.1, 0.15) is 5.69 Å². The van der Waals surface area contributed by atoms with Crippen molar-refractivity contribution in [3.05, 3.63) is 42.7 Å². The molecule has 2 heterocycles. The van der Waals surface area contributed by atoms with Crippen LogP contribution in [0.15, 0.2) is 37.1 Å². The van der Waals surface area contributed by atoms with Crippen LogP contribution in [-0.2, 0) is 6.54 Å². The number of carbonyl (C=O) groups is 1. The summed E-state index contributed by atoms with van der Waals surface area (Å²) >= 11 is 0. The average Bonchev–Trinajstić information content (AvgIpc) is 2.82. The van der Waals surface area contributed by atoms with E-state index < -0.39 is 0 Å². The molecular formula is C12H15N5O. The summed E-state index contributed by atoms with van der Waals surface area (Å²) in [5, 5.41) is 2.86. The second-order valence-electron chi connectivity index (χ2n) is 4.11.